The molecule has 18 heavy (non-hydrogen) atoms. The first-order chi connectivity index (χ1) is 8.49. The number of nitrogens with one attached hydrogen (secondary N) is 1. The highest BCUT2D eigenvalue weighted by Crippen LogP contribution is 2.43. The van der Waals surface area contributed by atoms with Gasteiger partial charge in [0.05, 0.1) is 9.26 Å². The summed E-state index contributed by atoms with van der Waals surface area (Å²) in [6.45, 7) is 6.95. The second kappa shape index (κ2) is 5.28. The molecule has 0 aliphatic heterocycles. The molecule has 1 fully saturated rings. The highest BCUT2D eigenvalue weighted by Gasteiger charge is 2.32. The minimum Gasteiger partial charge on any atom is -0.371 e. The molecule has 0 saturated heterocycles. The van der Waals surface area contributed by atoms with Gasteiger partial charge < -0.3 is 10.1 Å². The van der Waals surface area contributed by atoms with E-state index >= 15 is 0 Å². The monoisotopic (exact) mass is 361 g/mol. The van der Waals surface area contributed by atoms with Crippen molar-refractivity contribution in [2.45, 2.75) is 45.1 Å². The van der Waals surface area contributed by atoms with Crippen LogP contribution < -0.4 is 5.32 Å². The molecule has 1 aliphatic carbocycles. The Morgan fingerprint density at radius 1 is 1.39 bits per heavy atom. The average molecular weight is 361 g/mol. The molecule has 1 aliphatic rings. The van der Waals surface area contributed by atoms with Crippen molar-refractivity contribution in [3.05, 3.63) is 15.1 Å². The maximum atomic E-state index is 5.50. The third-order valence-electron chi connectivity index (χ3n) is 3.23. The number of ether oxygens (including phenoxy) is 1. The van der Waals surface area contributed by atoms with E-state index in [1.54, 1.807) is 7.11 Å². The molecular formula is C13H20IN3O. The first-order valence-electron chi connectivity index (χ1n) is 6.36. The van der Waals surface area contributed by atoms with Gasteiger partial charge in [0.15, 0.2) is 5.82 Å². The molecule has 1 aromatic rings. The predicted octanol–water partition coefficient (Wildman–Crippen LogP) is 3.27. The van der Waals surface area contributed by atoms with E-state index in [9.17, 15) is 0 Å². The lowest BCUT2D eigenvalue weighted by molar-refractivity contribution is 0.0113. The Morgan fingerprint density at radius 3 is 2.56 bits per heavy atom. The molecule has 0 unspecified atom stereocenters. The molecule has 0 aromatic carbocycles. The molecular weight excluding hydrogens is 341 g/mol. The lowest BCUT2D eigenvalue weighted by Crippen LogP contribution is -2.25. The fraction of sp³-hybridized carbons (Fsp3) is 0.692. The average Bonchev–Trinajstić information content (AvgIpc) is 3.16. The van der Waals surface area contributed by atoms with Gasteiger partial charge in [0.1, 0.15) is 11.4 Å². The predicted molar refractivity (Wildman–Crippen MR) is 80.9 cm³/mol. The van der Waals surface area contributed by atoms with Crippen molar-refractivity contribution in [2.24, 2.45) is 0 Å². The highest BCUT2D eigenvalue weighted by atomic mass is 127. The van der Waals surface area contributed by atoms with Crippen LogP contribution in [0.2, 0.25) is 0 Å². The first-order valence-corrected chi connectivity index (χ1v) is 7.44. The highest BCUT2D eigenvalue weighted by molar-refractivity contribution is 14.1. The van der Waals surface area contributed by atoms with Gasteiger partial charge in [-0.2, -0.15) is 0 Å². The van der Waals surface area contributed by atoms with Crippen molar-refractivity contribution >= 4 is 28.4 Å². The van der Waals surface area contributed by atoms with Crippen LogP contribution in [0.3, 0.4) is 0 Å². The van der Waals surface area contributed by atoms with E-state index in [1.807, 2.05) is 13.8 Å². The van der Waals surface area contributed by atoms with Gasteiger partial charge in [-0.05, 0) is 56.2 Å². The maximum absolute atomic E-state index is 5.50. The van der Waals surface area contributed by atoms with E-state index in [4.69, 9.17) is 9.72 Å². The molecule has 1 saturated carbocycles. The molecule has 1 heterocycles. The minimum atomic E-state index is -0.446. The SMILES string of the molecule is CCNc1nc(C(C)(C)OC)nc(C2CC2)c1I. The third-order valence-corrected chi connectivity index (χ3v) is 4.30. The van der Waals surface area contributed by atoms with Gasteiger partial charge in [-0.1, -0.05) is 0 Å². The fourth-order valence-corrected chi connectivity index (χ4v) is 2.61. The zero-order valence-corrected chi connectivity index (χ0v) is 13.5. The maximum Gasteiger partial charge on any atom is 0.162 e. The third kappa shape index (κ3) is 2.77. The van der Waals surface area contributed by atoms with Gasteiger partial charge in [0, 0.05) is 19.6 Å². The van der Waals surface area contributed by atoms with Gasteiger partial charge in [0.2, 0.25) is 0 Å². The molecule has 0 bridgehead atoms. The van der Waals surface area contributed by atoms with Crippen LogP contribution in [0.4, 0.5) is 5.82 Å². The lowest BCUT2D eigenvalue weighted by atomic mass is 10.1. The molecule has 0 spiro atoms. The second-order valence-corrected chi connectivity index (χ2v) is 6.19. The largest absolute Gasteiger partial charge is 0.371 e. The van der Waals surface area contributed by atoms with E-state index in [-0.39, 0.29) is 0 Å². The summed E-state index contributed by atoms with van der Waals surface area (Å²) < 4.78 is 6.66. The summed E-state index contributed by atoms with van der Waals surface area (Å²) in [5.41, 5.74) is 0.736. The summed E-state index contributed by atoms with van der Waals surface area (Å²) in [7, 11) is 1.70. The molecule has 2 rings (SSSR count). The van der Waals surface area contributed by atoms with Gasteiger partial charge in [-0.15, -0.1) is 0 Å². The van der Waals surface area contributed by atoms with Crippen molar-refractivity contribution < 1.29 is 4.74 Å². The molecule has 0 radical (unpaired) electrons. The standard InChI is InChI=1S/C13H20IN3O/c1-5-15-11-9(14)10(8-6-7-8)16-12(17-11)13(2,3)18-4/h8H,5-7H2,1-4H3,(H,15,16,17). The summed E-state index contributed by atoms with van der Waals surface area (Å²) in [5.74, 6) is 2.32. The first kappa shape index (κ1) is 14.0. The molecule has 1 aromatic heterocycles. The second-order valence-electron chi connectivity index (χ2n) is 5.11. The lowest BCUT2D eigenvalue weighted by Gasteiger charge is -2.23. The molecule has 0 amide bonds. The van der Waals surface area contributed by atoms with Crippen LogP contribution in [-0.4, -0.2) is 23.6 Å². The van der Waals surface area contributed by atoms with Crippen LogP contribution in [0.25, 0.3) is 0 Å². The summed E-state index contributed by atoms with van der Waals surface area (Å²) in [6, 6.07) is 0. The topological polar surface area (TPSA) is 47.0 Å². The Hall–Kier alpha value is -0.430. The number of nitrogens with zero attached hydrogens (tertiary/aromatic N) is 2. The Morgan fingerprint density at radius 2 is 2.06 bits per heavy atom. The Bertz CT molecular complexity index is 444. The number of hydrogen-bond acceptors (Lipinski definition) is 4. The quantitative estimate of drug-likeness (QED) is 0.818. The van der Waals surface area contributed by atoms with Gasteiger partial charge >= 0.3 is 0 Å². The van der Waals surface area contributed by atoms with Crippen LogP contribution in [-0.2, 0) is 10.3 Å². The minimum absolute atomic E-state index is 0.446. The van der Waals surface area contributed by atoms with Crippen molar-refractivity contribution in [3.8, 4) is 0 Å². The summed E-state index contributed by atoms with van der Waals surface area (Å²) >= 11 is 2.35. The number of aromatic nitrogens is 2. The van der Waals surface area contributed by atoms with Crippen molar-refractivity contribution in [1.82, 2.24) is 9.97 Å². The number of hydrogen-bond donors (Lipinski definition) is 1. The van der Waals surface area contributed by atoms with Crippen LogP contribution in [0.1, 0.15) is 51.0 Å². The van der Waals surface area contributed by atoms with Crippen LogP contribution in [0.15, 0.2) is 0 Å². The van der Waals surface area contributed by atoms with Gasteiger partial charge in [-0.3, -0.25) is 0 Å². The molecule has 1 N–H and O–H groups in total. The summed E-state index contributed by atoms with van der Waals surface area (Å²) in [5, 5.41) is 3.32. The van der Waals surface area contributed by atoms with Crippen molar-refractivity contribution in [1.29, 1.82) is 0 Å². The normalized spacial score (nSPS) is 15.8. The smallest absolute Gasteiger partial charge is 0.162 e. The number of anilines is 1. The van der Waals surface area contributed by atoms with Crippen LogP contribution in [0, 0.1) is 3.57 Å². The molecule has 100 valence electrons. The zero-order chi connectivity index (χ0) is 13.3. The Kier molecular flexibility index (Phi) is 4.11. The van der Waals surface area contributed by atoms with Gasteiger partial charge in [0.25, 0.3) is 0 Å². The summed E-state index contributed by atoms with van der Waals surface area (Å²) in [4.78, 5) is 9.36. The number of rotatable bonds is 5. The number of methoxy groups -OCH3 is 1. The van der Waals surface area contributed by atoms with Crippen molar-refractivity contribution in [2.75, 3.05) is 19.0 Å². The van der Waals surface area contributed by atoms with Crippen LogP contribution >= 0.6 is 22.6 Å². The fourth-order valence-electron chi connectivity index (χ4n) is 1.74. The van der Waals surface area contributed by atoms with E-state index in [0.717, 1.165) is 21.8 Å². The van der Waals surface area contributed by atoms with Crippen LogP contribution in [0.5, 0.6) is 0 Å². The Labute approximate surface area is 122 Å². The summed E-state index contributed by atoms with van der Waals surface area (Å²) in [6.07, 6.45) is 2.48. The number of halogens is 1. The van der Waals surface area contributed by atoms with Gasteiger partial charge in [-0.25, -0.2) is 9.97 Å². The van der Waals surface area contributed by atoms with Crippen molar-refractivity contribution in [3.63, 3.8) is 0 Å². The van der Waals surface area contributed by atoms with E-state index < -0.39 is 5.60 Å². The molecule has 0 atom stereocenters. The molecule has 4 nitrogen and oxygen atoms in total. The van der Waals surface area contributed by atoms with E-state index in [2.05, 4.69) is 39.8 Å². The van der Waals surface area contributed by atoms with E-state index in [1.165, 1.54) is 18.5 Å². The molecule has 5 heteroatoms. The zero-order valence-electron chi connectivity index (χ0n) is 11.4. The Balaban J connectivity index is 2.47. The van der Waals surface area contributed by atoms with E-state index in [0.29, 0.717) is 5.92 Å².